The van der Waals surface area contributed by atoms with Crippen molar-refractivity contribution >= 4 is 11.9 Å². The standard InChI is InChI=1S/C13H24N2O4/c1-4-10(5-2)14-12(16)8-15-6-7-19-9-11(15)13(17)18-3/h10-11H,4-9H2,1-3H3,(H,14,16). The van der Waals surface area contributed by atoms with Gasteiger partial charge in [-0.25, -0.2) is 0 Å². The average Bonchev–Trinajstić information content (AvgIpc) is 2.44. The van der Waals surface area contributed by atoms with E-state index in [9.17, 15) is 9.59 Å². The summed E-state index contributed by atoms with van der Waals surface area (Å²) in [5, 5.41) is 2.97. The van der Waals surface area contributed by atoms with Gasteiger partial charge in [-0.3, -0.25) is 14.5 Å². The zero-order chi connectivity index (χ0) is 14.3. The first-order valence-corrected chi connectivity index (χ1v) is 6.81. The van der Waals surface area contributed by atoms with E-state index in [2.05, 4.69) is 5.32 Å². The van der Waals surface area contributed by atoms with Crippen LogP contribution in [0, 0.1) is 0 Å². The van der Waals surface area contributed by atoms with Crippen molar-refractivity contribution in [3.8, 4) is 0 Å². The molecule has 110 valence electrons. The summed E-state index contributed by atoms with van der Waals surface area (Å²) in [6.45, 7) is 5.67. The molecule has 0 radical (unpaired) electrons. The van der Waals surface area contributed by atoms with Crippen LogP contribution >= 0.6 is 0 Å². The molecule has 1 atom stereocenters. The molecule has 6 nitrogen and oxygen atoms in total. The summed E-state index contributed by atoms with van der Waals surface area (Å²) in [6.07, 6.45) is 1.82. The van der Waals surface area contributed by atoms with Crippen molar-refractivity contribution in [1.29, 1.82) is 0 Å². The van der Waals surface area contributed by atoms with Crippen molar-refractivity contribution in [3.05, 3.63) is 0 Å². The summed E-state index contributed by atoms with van der Waals surface area (Å²) >= 11 is 0. The quantitative estimate of drug-likeness (QED) is 0.698. The Balaban J connectivity index is 2.52. The van der Waals surface area contributed by atoms with Gasteiger partial charge in [0.05, 0.1) is 26.9 Å². The predicted molar refractivity (Wildman–Crippen MR) is 70.7 cm³/mol. The second-order valence-electron chi connectivity index (χ2n) is 4.67. The zero-order valence-electron chi connectivity index (χ0n) is 12.0. The smallest absolute Gasteiger partial charge is 0.325 e. The maximum atomic E-state index is 12.0. The van der Waals surface area contributed by atoms with Gasteiger partial charge in [0.15, 0.2) is 0 Å². The Bertz CT molecular complexity index is 305. The van der Waals surface area contributed by atoms with E-state index in [1.807, 2.05) is 18.7 Å². The van der Waals surface area contributed by atoms with Crippen LogP contribution in [0.3, 0.4) is 0 Å². The first-order valence-electron chi connectivity index (χ1n) is 6.81. The predicted octanol–water partition coefficient (Wildman–Crippen LogP) is 0.165. The largest absolute Gasteiger partial charge is 0.468 e. The van der Waals surface area contributed by atoms with Crippen LogP contribution in [-0.4, -0.2) is 62.3 Å². The van der Waals surface area contributed by atoms with Crippen LogP contribution < -0.4 is 5.32 Å². The Kier molecular flexibility index (Phi) is 6.80. The van der Waals surface area contributed by atoms with Gasteiger partial charge in [0.1, 0.15) is 6.04 Å². The maximum absolute atomic E-state index is 12.0. The highest BCUT2D eigenvalue weighted by molar-refractivity contribution is 5.80. The van der Waals surface area contributed by atoms with Crippen LogP contribution in [0.2, 0.25) is 0 Å². The molecule has 1 aliphatic rings. The lowest BCUT2D eigenvalue weighted by molar-refractivity contribution is -0.154. The number of ether oxygens (including phenoxy) is 2. The first-order chi connectivity index (χ1) is 9.12. The number of hydrogen-bond acceptors (Lipinski definition) is 5. The van der Waals surface area contributed by atoms with Crippen molar-refractivity contribution in [2.24, 2.45) is 0 Å². The number of nitrogens with zero attached hydrogens (tertiary/aromatic N) is 1. The van der Waals surface area contributed by atoms with E-state index in [1.54, 1.807) is 0 Å². The number of carbonyl (C=O) groups is 2. The van der Waals surface area contributed by atoms with Crippen LogP contribution in [0.1, 0.15) is 26.7 Å². The minimum absolute atomic E-state index is 0.0514. The number of esters is 1. The van der Waals surface area contributed by atoms with Crippen molar-refractivity contribution in [2.45, 2.75) is 38.8 Å². The summed E-state index contributed by atoms with van der Waals surface area (Å²) in [6, 6.07) is -0.281. The van der Waals surface area contributed by atoms with Gasteiger partial charge >= 0.3 is 5.97 Å². The maximum Gasteiger partial charge on any atom is 0.325 e. The number of rotatable bonds is 6. The van der Waals surface area contributed by atoms with Crippen LogP contribution in [0.4, 0.5) is 0 Å². The number of amides is 1. The molecule has 1 fully saturated rings. The molecule has 1 rings (SSSR count). The molecule has 0 aliphatic carbocycles. The van der Waals surface area contributed by atoms with E-state index in [4.69, 9.17) is 9.47 Å². The molecule has 19 heavy (non-hydrogen) atoms. The SMILES string of the molecule is CCC(CC)NC(=O)CN1CCOCC1C(=O)OC. The molecule has 1 N–H and O–H groups in total. The van der Waals surface area contributed by atoms with Crippen molar-refractivity contribution in [3.63, 3.8) is 0 Å². The molecular formula is C13H24N2O4. The fourth-order valence-electron chi connectivity index (χ4n) is 2.13. The molecule has 1 amide bonds. The van der Waals surface area contributed by atoms with Gasteiger partial charge in [0, 0.05) is 12.6 Å². The number of nitrogens with one attached hydrogen (secondary N) is 1. The number of methoxy groups -OCH3 is 1. The fourth-order valence-corrected chi connectivity index (χ4v) is 2.13. The highest BCUT2D eigenvalue weighted by atomic mass is 16.5. The molecule has 0 aromatic carbocycles. The number of hydrogen-bond donors (Lipinski definition) is 1. The first kappa shape index (κ1) is 15.9. The Labute approximate surface area is 114 Å². The summed E-state index contributed by atoms with van der Waals surface area (Å²) in [5.74, 6) is -0.403. The second-order valence-corrected chi connectivity index (χ2v) is 4.67. The zero-order valence-corrected chi connectivity index (χ0v) is 12.0. The molecule has 6 heteroatoms. The number of carbonyl (C=O) groups excluding carboxylic acids is 2. The van der Waals surface area contributed by atoms with Crippen molar-refractivity contribution < 1.29 is 19.1 Å². The molecule has 1 saturated heterocycles. The van der Waals surface area contributed by atoms with Gasteiger partial charge in [-0.1, -0.05) is 13.8 Å². The van der Waals surface area contributed by atoms with Gasteiger partial charge in [-0.15, -0.1) is 0 Å². The molecule has 0 aromatic heterocycles. The summed E-state index contributed by atoms with van der Waals surface area (Å²) in [4.78, 5) is 25.4. The minimum Gasteiger partial charge on any atom is -0.468 e. The van der Waals surface area contributed by atoms with E-state index < -0.39 is 6.04 Å². The molecule has 0 saturated carbocycles. The van der Waals surface area contributed by atoms with E-state index in [-0.39, 0.29) is 31.1 Å². The van der Waals surface area contributed by atoms with E-state index in [0.29, 0.717) is 13.2 Å². The van der Waals surface area contributed by atoms with E-state index in [0.717, 1.165) is 12.8 Å². The molecule has 0 bridgehead atoms. The monoisotopic (exact) mass is 272 g/mol. The average molecular weight is 272 g/mol. The lowest BCUT2D eigenvalue weighted by Crippen LogP contribution is -2.54. The Morgan fingerprint density at radius 1 is 1.42 bits per heavy atom. The fraction of sp³-hybridized carbons (Fsp3) is 0.846. The highest BCUT2D eigenvalue weighted by Gasteiger charge is 2.31. The van der Waals surface area contributed by atoms with Crippen LogP contribution in [0.25, 0.3) is 0 Å². The lowest BCUT2D eigenvalue weighted by atomic mass is 10.1. The molecule has 0 spiro atoms. The molecule has 1 heterocycles. The minimum atomic E-state index is -0.480. The molecule has 1 aliphatic heterocycles. The Morgan fingerprint density at radius 3 is 2.68 bits per heavy atom. The summed E-state index contributed by atoms with van der Waals surface area (Å²) in [5.41, 5.74) is 0. The molecule has 0 aromatic rings. The third-order valence-electron chi connectivity index (χ3n) is 3.41. The normalized spacial score (nSPS) is 20.3. The van der Waals surface area contributed by atoms with E-state index >= 15 is 0 Å². The Morgan fingerprint density at radius 2 is 2.11 bits per heavy atom. The second kappa shape index (κ2) is 8.12. The van der Waals surface area contributed by atoms with Gasteiger partial charge in [0.2, 0.25) is 5.91 Å². The summed E-state index contributed by atoms with van der Waals surface area (Å²) in [7, 11) is 1.35. The highest BCUT2D eigenvalue weighted by Crippen LogP contribution is 2.08. The van der Waals surface area contributed by atoms with Gasteiger partial charge in [-0.2, -0.15) is 0 Å². The van der Waals surface area contributed by atoms with Crippen LogP contribution in [0.15, 0.2) is 0 Å². The van der Waals surface area contributed by atoms with Crippen molar-refractivity contribution in [1.82, 2.24) is 10.2 Å². The van der Waals surface area contributed by atoms with Gasteiger partial charge in [-0.05, 0) is 12.8 Å². The van der Waals surface area contributed by atoms with Gasteiger partial charge < -0.3 is 14.8 Å². The molecular weight excluding hydrogens is 248 g/mol. The lowest BCUT2D eigenvalue weighted by Gasteiger charge is -2.33. The van der Waals surface area contributed by atoms with Crippen LogP contribution in [-0.2, 0) is 19.1 Å². The Hall–Kier alpha value is -1.14. The van der Waals surface area contributed by atoms with Gasteiger partial charge in [0.25, 0.3) is 0 Å². The van der Waals surface area contributed by atoms with Crippen LogP contribution in [0.5, 0.6) is 0 Å². The summed E-state index contributed by atoms with van der Waals surface area (Å²) < 4.78 is 10.00. The topological polar surface area (TPSA) is 67.9 Å². The number of morpholine rings is 1. The third kappa shape index (κ3) is 4.80. The van der Waals surface area contributed by atoms with E-state index in [1.165, 1.54) is 7.11 Å². The van der Waals surface area contributed by atoms with Crippen molar-refractivity contribution in [2.75, 3.05) is 33.4 Å². The molecule has 1 unspecified atom stereocenters. The third-order valence-corrected chi connectivity index (χ3v) is 3.41.